The summed E-state index contributed by atoms with van der Waals surface area (Å²) in [5.74, 6) is -0.231. The van der Waals surface area contributed by atoms with E-state index in [1.165, 1.54) is 0 Å². The Hall–Kier alpha value is -1.09. The van der Waals surface area contributed by atoms with Gasteiger partial charge in [0.05, 0.1) is 0 Å². The molecule has 0 bridgehead atoms. The van der Waals surface area contributed by atoms with Gasteiger partial charge >= 0.3 is 0 Å². The van der Waals surface area contributed by atoms with E-state index in [9.17, 15) is 4.39 Å². The molecule has 0 aliphatic carbocycles. The highest BCUT2D eigenvalue weighted by Gasteiger charge is 2.08. The predicted octanol–water partition coefficient (Wildman–Crippen LogP) is 2.75. The van der Waals surface area contributed by atoms with Crippen LogP contribution in [0.2, 0.25) is 0 Å². The quantitative estimate of drug-likeness (QED) is 0.641. The first-order valence-electron chi connectivity index (χ1n) is 3.15. The Morgan fingerprint density at radius 1 is 1.27 bits per heavy atom. The maximum Gasteiger partial charge on any atom is 0.219 e. The Labute approximate surface area is 66.7 Å². The lowest BCUT2D eigenvalue weighted by molar-refractivity contribution is 0.448. The van der Waals surface area contributed by atoms with Gasteiger partial charge in [0, 0.05) is 10.1 Å². The SMILES string of the molecule is Oc1c(F)sc2ccccc12. The Kier molecular flexibility index (Phi) is 1.32. The van der Waals surface area contributed by atoms with E-state index < -0.39 is 5.13 Å². The number of thiophene rings is 1. The highest BCUT2D eigenvalue weighted by atomic mass is 32.1. The van der Waals surface area contributed by atoms with Crippen molar-refractivity contribution in [3.05, 3.63) is 29.4 Å². The molecule has 0 unspecified atom stereocenters. The molecule has 0 fully saturated rings. The van der Waals surface area contributed by atoms with E-state index in [1.807, 2.05) is 6.07 Å². The zero-order valence-electron chi connectivity index (χ0n) is 5.54. The number of benzene rings is 1. The van der Waals surface area contributed by atoms with Gasteiger partial charge in [-0.3, -0.25) is 0 Å². The van der Waals surface area contributed by atoms with Crippen molar-refractivity contribution in [3.63, 3.8) is 0 Å². The van der Waals surface area contributed by atoms with Crippen LogP contribution in [-0.2, 0) is 0 Å². The number of rotatable bonds is 0. The van der Waals surface area contributed by atoms with E-state index in [2.05, 4.69) is 0 Å². The van der Waals surface area contributed by atoms with Gasteiger partial charge in [-0.2, -0.15) is 4.39 Å². The molecule has 2 aromatic rings. The average Bonchev–Trinajstić information content (AvgIpc) is 2.30. The first-order chi connectivity index (χ1) is 5.29. The molecule has 1 aromatic carbocycles. The number of hydrogen-bond acceptors (Lipinski definition) is 2. The summed E-state index contributed by atoms with van der Waals surface area (Å²) < 4.78 is 13.5. The molecule has 1 aromatic heterocycles. The second-order valence-corrected chi connectivity index (χ2v) is 3.22. The fraction of sp³-hybridized carbons (Fsp3) is 0. The second kappa shape index (κ2) is 2.20. The summed E-state index contributed by atoms with van der Waals surface area (Å²) in [6.45, 7) is 0. The Morgan fingerprint density at radius 2 is 2.00 bits per heavy atom. The first kappa shape index (κ1) is 6.61. The third-order valence-corrected chi connectivity index (χ3v) is 2.48. The van der Waals surface area contributed by atoms with Crippen LogP contribution >= 0.6 is 11.3 Å². The van der Waals surface area contributed by atoms with Crippen LogP contribution in [0.3, 0.4) is 0 Å². The molecule has 1 N–H and O–H groups in total. The van der Waals surface area contributed by atoms with Crippen molar-refractivity contribution >= 4 is 21.4 Å². The van der Waals surface area contributed by atoms with Crippen molar-refractivity contribution < 1.29 is 9.50 Å². The van der Waals surface area contributed by atoms with Crippen LogP contribution in [-0.4, -0.2) is 5.11 Å². The molecule has 0 amide bonds. The maximum atomic E-state index is 12.7. The molecule has 2 rings (SSSR count). The molecule has 1 heterocycles. The molecular weight excluding hydrogens is 163 g/mol. The molecule has 56 valence electrons. The minimum absolute atomic E-state index is 0.231. The van der Waals surface area contributed by atoms with Gasteiger partial charge in [-0.05, 0) is 12.1 Å². The third-order valence-electron chi connectivity index (χ3n) is 1.53. The second-order valence-electron chi connectivity index (χ2n) is 2.22. The van der Waals surface area contributed by atoms with Crippen molar-refractivity contribution in [2.24, 2.45) is 0 Å². The van der Waals surface area contributed by atoms with Crippen molar-refractivity contribution in [2.75, 3.05) is 0 Å². The smallest absolute Gasteiger partial charge is 0.219 e. The molecule has 0 aliphatic rings. The topological polar surface area (TPSA) is 20.2 Å². The number of hydrogen-bond donors (Lipinski definition) is 1. The highest BCUT2D eigenvalue weighted by Crippen LogP contribution is 2.34. The fourth-order valence-electron chi connectivity index (χ4n) is 1.00. The van der Waals surface area contributed by atoms with Crippen molar-refractivity contribution in [3.8, 4) is 5.75 Å². The van der Waals surface area contributed by atoms with Gasteiger partial charge in [0.2, 0.25) is 5.13 Å². The fourth-order valence-corrected chi connectivity index (χ4v) is 1.82. The molecule has 3 heteroatoms. The van der Waals surface area contributed by atoms with E-state index >= 15 is 0 Å². The largest absolute Gasteiger partial charge is 0.504 e. The molecular formula is C8H5FOS. The predicted molar refractivity (Wildman–Crippen MR) is 43.4 cm³/mol. The van der Waals surface area contributed by atoms with Gasteiger partial charge < -0.3 is 5.11 Å². The monoisotopic (exact) mass is 168 g/mol. The van der Waals surface area contributed by atoms with E-state index in [0.29, 0.717) is 5.39 Å². The summed E-state index contributed by atoms with van der Waals surface area (Å²) in [6, 6.07) is 7.07. The summed E-state index contributed by atoms with van der Waals surface area (Å²) in [5.41, 5.74) is 0. The number of aromatic hydroxyl groups is 1. The van der Waals surface area contributed by atoms with Gasteiger partial charge in [-0.15, -0.1) is 11.3 Å². The van der Waals surface area contributed by atoms with Crippen LogP contribution in [0.4, 0.5) is 4.39 Å². The lowest BCUT2D eigenvalue weighted by Gasteiger charge is -1.86. The van der Waals surface area contributed by atoms with Crippen molar-refractivity contribution in [1.82, 2.24) is 0 Å². The summed E-state index contributed by atoms with van der Waals surface area (Å²) in [6.07, 6.45) is 0. The lowest BCUT2D eigenvalue weighted by Crippen LogP contribution is -1.62. The van der Waals surface area contributed by atoms with E-state index in [1.54, 1.807) is 18.2 Å². The molecule has 0 saturated heterocycles. The van der Waals surface area contributed by atoms with Crippen molar-refractivity contribution in [2.45, 2.75) is 0 Å². The normalized spacial score (nSPS) is 10.6. The Balaban J connectivity index is 2.92. The van der Waals surface area contributed by atoms with Crippen LogP contribution in [0.5, 0.6) is 5.75 Å². The molecule has 0 atom stereocenters. The van der Waals surface area contributed by atoms with E-state index in [4.69, 9.17) is 5.11 Å². The van der Waals surface area contributed by atoms with Gasteiger partial charge in [0.1, 0.15) is 0 Å². The van der Waals surface area contributed by atoms with Crippen LogP contribution in [0.25, 0.3) is 10.1 Å². The van der Waals surface area contributed by atoms with Crippen LogP contribution < -0.4 is 0 Å². The van der Waals surface area contributed by atoms with Crippen LogP contribution in [0.15, 0.2) is 24.3 Å². The van der Waals surface area contributed by atoms with Gasteiger partial charge in [0.25, 0.3) is 0 Å². The van der Waals surface area contributed by atoms with Gasteiger partial charge in [-0.1, -0.05) is 12.1 Å². The Bertz CT molecular complexity index is 394. The minimum atomic E-state index is -0.508. The lowest BCUT2D eigenvalue weighted by atomic mass is 10.2. The number of halogens is 1. The molecule has 11 heavy (non-hydrogen) atoms. The molecule has 0 spiro atoms. The summed E-state index contributed by atoms with van der Waals surface area (Å²) >= 11 is 0.962. The van der Waals surface area contributed by atoms with Crippen LogP contribution in [0.1, 0.15) is 0 Å². The third kappa shape index (κ3) is 0.886. The minimum Gasteiger partial charge on any atom is -0.504 e. The van der Waals surface area contributed by atoms with Crippen LogP contribution in [0, 0.1) is 5.13 Å². The maximum absolute atomic E-state index is 12.7. The molecule has 0 radical (unpaired) electrons. The zero-order valence-corrected chi connectivity index (χ0v) is 6.36. The average molecular weight is 168 g/mol. The molecule has 1 nitrogen and oxygen atoms in total. The number of fused-ring (bicyclic) bond motifs is 1. The van der Waals surface area contributed by atoms with Gasteiger partial charge in [0.15, 0.2) is 5.75 Å². The van der Waals surface area contributed by atoms with E-state index in [0.717, 1.165) is 16.0 Å². The Morgan fingerprint density at radius 3 is 2.73 bits per heavy atom. The van der Waals surface area contributed by atoms with Crippen molar-refractivity contribution in [1.29, 1.82) is 0 Å². The summed E-state index contributed by atoms with van der Waals surface area (Å²) in [5, 5.41) is 9.22. The highest BCUT2D eigenvalue weighted by molar-refractivity contribution is 7.17. The molecule has 0 saturated carbocycles. The molecule has 0 aliphatic heterocycles. The standard InChI is InChI=1S/C8H5FOS/c9-8-7(10)5-3-1-2-4-6(5)11-8/h1-4,10H. The van der Waals surface area contributed by atoms with E-state index in [-0.39, 0.29) is 5.75 Å². The zero-order chi connectivity index (χ0) is 7.84. The summed E-state index contributed by atoms with van der Waals surface area (Å²) in [7, 11) is 0. The summed E-state index contributed by atoms with van der Waals surface area (Å²) in [4.78, 5) is 0. The first-order valence-corrected chi connectivity index (χ1v) is 3.96. The van der Waals surface area contributed by atoms with Gasteiger partial charge in [-0.25, -0.2) is 0 Å².